The summed E-state index contributed by atoms with van der Waals surface area (Å²) in [6.45, 7) is 5.59. The lowest BCUT2D eigenvalue weighted by Crippen LogP contribution is -2.56. The maximum atomic E-state index is 12.6. The molecule has 1 spiro atoms. The van der Waals surface area contributed by atoms with E-state index in [9.17, 15) is 9.59 Å². The molecule has 1 atom stereocenters. The molecule has 0 saturated carbocycles. The van der Waals surface area contributed by atoms with Gasteiger partial charge in [-0.05, 0) is 19.3 Å². The predicted molar refractivity (Wildman–Crippen MR) is 77.9 cm³/mol. The van der Waals surface area contributed by atoms with Crippen LogP contribution in [0.2, 0.25) is 0 Å². The highest BCUT2D eigenvalue weighted by molar-refractivity contribution is 5.79. The molecule has 6 heteroatoms. The molecule has 3 saturated heterocycles. The van der Waals surface area contributed by atoms with Crippen LogP contribution in [0.3, 0.4) is 0 Å². The molecule has 0 bridgehead atoms. The van der Waals surface area contributed by atoms with E-state index >= 15 is 0 Å². The number of hydrogen-bond donors (Lipinski definition) is 0. The summed E-state index contributed by atoms with van der Waals surface area (Å²) in [6.07, 6.45) is 3.26. The first kappa shape index (κ1) is 14.6. The van der Waals surface area contributed by atoms with Crippen LogP contribution in [-0.2, 0) is 9.53 Å². The summed E-state index contributed by atoms with van der Waals surface area (Å²) in [7, 11) is 1.87. The number of carbonyl (C=O) groups is 2. The summed E-state index contributed by atoms with van der Waals surface area (Å²) in [6, 6.07) is 0.367. The topological polar surface area (TPSA) is 53.1 Å². The Kier molecular flexibility index (Phi) is 3.82. The highest BCUT2D eigenvalue weighted by Crippen LogP contribution is 2.37. The maximum Gasteiger partial charge on any atom is 0.320 e. The number of nitrogens with zero attached hydrogens (tertiary/aromatic N) is 3. The molecule has 1 unspecified atom stereocenters. The zero-order valence-electron chi connectivity index (χ0n) is 13.0. The third-order valence-corrected chi connectivity index (χ3v) is 5.14. The van der Waals surface area contributed by atoms with Crippen LogP contribution < -0.4 is 0 Å². The molecular formula is C15H25N3O3. The fraction of sp³-hybridized carbons (Fsp3) is 0.867. The monoisotopic (exact) mass is 295 g/mol. The van der Waals surface area contributed by atoms with Crippen LogP contribution in [0.1, 0.15) is 32.6 Å². The zero-order chi connectivity index (χ0) is 15.0. The first-order valence-corrected chi connectivity index (χ1v) is 7.97. The Hall–Kier alpha value is -1.30. The maximum absolute atomic E-state index is 12.6. The van der Waals surface area contributed by atoms with Crippen molar-refractivity contribution in [1.82, 2.24) is 14.7 Å². The van der Waals surface area contributed by atoms with E-state index in [4.69, 9.17) is 4.74 Å². The van der Waals surface area contributed by atoms with Crippen LogP contribution in [0.25, 0.3) is 0 Å². The molecule has 0 N–H and O–H groups in total. The Labute approximate surface area is 126 Å². The summed E-state index contributed by atoms with van der Waals surface area (Å²) in [5, 5.41) is 0. The Bertz CT molecular complexity index is 426. The first-order chi connectivity index (χ1) is 10.1. The van der Waals surface area contributed by atoms with Gasteiger partial charge in [-0.2, -0.15) is 0 Å². The van der Waals surface area contributed by atoms with Crippen molar-refractivity contribution in [1.29, 1.82) is 0 Å². The van der Waals surface area contributed by atoms with E-state index in [1.165, 1.54) is 0 Å². The van der Waals surface area contributed by atoms with E-state index < -0.39 is 0 Å². The van der Waals surface area contributed by atoms with Crippen molar-refractivity contribution >= 4 is 11.9 Å². The van der Waals surface area contributed by atoms with Crippen molar-refractivity contribution in [2.24, 2.45) is 0 Å². The van der Waals surface area contributed by atoms with Gasteiger partial charge in [0.05, 0.1) is 12.1 Å². The molecule has 0 aromatic heterocycles. The molecule has 0 aromatic rings. The summed E-state index contributed by atoms with van der Waals surface area (Å²) < 4.78 is 5.59. The Balaban J connectivity index is 1.71. The Morgan fingerprint density at radius 2 is 2.10 bits per heavy atom. The average Bonchev–Trinajstić information content (AvgIpc) is 3.05. The summed E-state index contributed by atoms with van der Waals surface area (Å²) in [4.78, 5) is 30.2. The lowest BCUT2D eigenvalue weighted by molar-refractivity contribution is -0.132. The van der Waals surface area contributed by atoms with Gasteiger partial charge in [-0.25, -0.2) is 4.79 Å². The standard InChI is InChI=1S/C15H25N3O3/c1-3-13(19)17-7-4-12(5-8-17)18-14(20)16(2)10-15(18)6-9-21-11-15/h12H,3-11H2,1-2H3. The molecule has 118 valence electrons. The quantitative estimate of drug-likeness (QED) is 0.761. The second-order valence-electron chi connectivity index (χ2n) is 6.50. The minimum atomic E-state index is -0.132. The third-order valence-electron chi connectivity index (χ3n) is 5.14. The van der Waals surface area contributed by atoms with E-state index in [-0.39, 0.29) is 23.5 Å². The number of carbonyl (C=O) groups excluding carboxylic acids is 2. The Morgan fingerprint density at radius 3 is 2.67 bits per heavy atom. The van der Waals surface area contributed by atoms with Gasteiger partial charge in [-0.1, -0.05) is 6.92 Å². The zero-order valence-corrected chi connectivity index (χ0v) is 13.0. The van der Waals surface area contributed by atoms with Crippen LogP contribution in [-0.4, -0.2) is 78.1 Å². The van der Waals surface area contributed by atoms with Gasteiger partial charge < -0.3 is 19.4 Å². The van der Waals surface area contributed by atoms with Crippen molar-refractivity contribution in [3.05, 3.63) is 0 Å². The van der Waals surface area contributed by atoms with E-state index in [0.29, 0.717) is 13.0 Å². The first-order valence-electron chi connectivity index (χ1n) is 7.97. The van der Waals surface area contributed by atoms with Gasteiger partial charge in [0.15, 0.2) is 0 Å². The molecule has 6 nitrogen and oxygen atoms in total. The summed E-state index contributed by atoms with van der Waals surface area (Å²) in [5.74, 6) is 0.220. The lowest BCUT2D eigenvalue weighted by atomic mass is 9.93. The second kappa shape index (κ2) is 5.48. The van der Waals surface area contributed by atoms with Crippen LogP contribution in [0.4, 0.5) is 4.79 Å². The van der Waals surface area contributed by atoms with Gasteiger partial charge >= 0.3 is 6.03 Å². The van der Waals surface area contributed by atoms with E-state index in [0.717, 1.165) is 45.5 Å². The molecular weight excluding hydrogens is 270 g/mol. The van der Waals surface area contributed by atoms with Crippen molar-refractivity contribution < 1.29 is 14.3 Å². The summed E-state index contributed by atoms with van der Waals surface area (Å²) in [5.41, 5.74) is -0.132. The molecule has 0 aromatic carbocycles. The highest BCUT2D eigenvalue weighted by Gasteiger charge is 2.53. The number of urea groups is 1. The van der Waals surface area contributed by atoms with E-state index in [2.05, 4.69) is 4.90 Å². The number of likely N-dealkylation sites (tertiary alicyclic amines) is 1. The number of likely N-dealkylation sites (N-methyl/N-ethyl adjacent to an activating group) is 1. The number of amides is 3. The third kappa shape index (κ3) is 2.39. The second-order valence-corrected chi connectivity index (χ2v) is 6.50. The van der Waals surface area contributed by atoms with Gasteiger partial charge in [-0.15, -0.1) is 0 Å². The van der Waals surface area contributed by atoms with Crippen LogP contribution in [0, 0.1) is 0 Å². The SMILES string of the molecule is CCC(=O)N1CCC(N2C(=O)N(C)CC23CCOC3)CC1. The van der Waals surface area contributed by atoms with Crippen LogP contribution in [0.5, 0.6) is 0 Å². The number of piperidine rings is 1. The van der Waals surface area contributed by atoms with Gasteiger partial charge in [0.2, 0.25) is 5.91 Å². The van der Waals surface area contributed by atoms with Crippen molar-refractivity contribution in [3.63, 3.8) is 0 Å². The minimum absolute atomic E-state index is 0.126. The van der Waals surface area contributed by atoms with Crippen molar-refractivity contribution in [2.75, 3.05) is 39.9 Å². The van der Waals surface area contributed by atoms with E-state index in [1.54, 1.807) is 0 Å². The molecule has 0 radical (unpaired) electrons. The molecule has 3 rings (SSSR count). The lowest BCUT2D eigenvalue weighted by Gasteiger charge is -2.42. The highest BCUT2D eigenvalue weighted by atomic mass is 16.5. The predicted octanol–water partition coefficient (Wildman–Crippen LogP) is 0.914. The van der Waals surface area contributed by atoms with Gasteiger partial charge in [0.25, 0.3) is 0 Å². The molecule has 3 fully saturated rings. The van der Waals surface area contributed by atoms with Gasteiger partial charge in [0, 0.05) is 45.8 Å². The fourth-order valence-corrected chi connectivity index (χ4v) is 4.02. The molecule has 3 heterocycles. The molecule has 0 aliphatic carbocycles. The van der Waals surface area contributed by atoms with Crippen molar-refractivity contribution in [2.45, 2.75) is 44.2 Å². The Morgan fingerprint density at radius 1 is 1.38 bits per heavy atom. The van der Waals surface area contributed by atoms with Gasteiger partial charge in [-0.3, -0.25) is 4.79 Å². The smallest absolute Gasteiger partial charge is 0.320 e. The molecule has 21 heavy (non-hydrogen) atoms. The number of ether oxygens (including phenoxy) is 1. The summed E-state index contributed by atoms with van der Waals surface area (Å²) >= 11 is 0. The number of hydrogen-bond acceptors (Lipinski definition) is 3. The largest absolute Gasteiger partial charge is 0.379 e. The average molecular weight is 295 g/mol. The number of rotatable bonds is 2. The molecule has 3 aliphatic rings. The fourth-order valence-electron chi connectivity index (χ4n) is 4.02. The van der Waals surface area contributed by atoms with E-state index in [1.807, 2.05) is 23.8 Å². The van der Waals surface area contributed by atoms with Crippen molar-refractivity contribution in [3.8, 4) is 0 Å². The normalized spacial score (nSPS) is 30.8. The minimum Gasteiger partial charge on any atom is -0.379 e. The molecule has 3 amide bonds. The van der Waals surface area contributed by atoms with Gasteiger partial charge in [0.1, 0.15) is 0 Å². The van der Waals surface area contributed by atoms with Crippen LogP contribution >= 0.6 is 0 Å². The van der Waals surface area contributed by atoms with Crippen LogP contribution in [0.15, 0.2) is 0 Å². The molecule has 3 aliphatic heterocycles.